The molecule has 1 fully saturated rings. The van der Waals surface area contributed by atoms with Gasteiger partial charge in [0, 0.05) is 16.4 Å². The highest BCUT2D eigenvalue weighted by Gasteiger charge is 2.25. The molecule has 1 aliphatic rings. The van der Waals surface area contributed by atoms with Gasteiger partial charge in [0.1, 0.15) is 0 Å². The number of benzene rings is 1. The SMILES string of the molecule is NC1CCC(C(=O)Nc2ccc(Br)c(Cl)c2Cl)CC1. The Bertz CT molecular complexity index is 488. The number of nitrogens with one attached hydrogen (secondary N) is 1. The maximum atomic E-state index is 12.2. The Morgan fingerprint density at radius 2 is 1.84 bits per heavy atom. The van der Waals surface area contributed by atoms with Crippen molar-refractivity contribution >= 4 is 50.7 Å². The van der Waals surface area contributed by atoms with Crippen LogP contribution in [-0.2, 0) is 4.79 Å². The molecule has 1 aliphatic carbocycles. The van der Waals surface area contributed by atoms with Crippen molar-refractivity contribution in [3.8, 4) is 0 Å². The summed E-state index contributed by atoms with van der Waals surface area (Å²) in [6, 6.07) is 3.74. The topological polar surface area (TPSA) is 55.1 Å². The average molecular weight is 366 g/mol. The molecule has 0 aromatic heterocycles. The minimum atomic E-state index is -0.00723. The molecule has 0 aliphatic heterocycles. The lowest BCUT2D eigenvalue weighted by Gasteiger charge is -2.25. The van der Waals surface area contributed by atoms with Crippen LogP contribution >= 0.6 is 39.1 Å². The van der Waals surface area contributed by atoms with Crippen molar-refractivity contribution in [2.24, 2.45) is 11.7 Å². The summed E-state index contributed by atoms with van der Waals surface area (Å²) in [4.78, 5) is 12.2. The second-order valence-corrected chi connectivity index (χ2v) is 6.43. The van der Waals surface area contributed by atoms with E-state index in [4.69, 9.17) is 28.9 Å². The first-order valence-electron chi connectivity index (χ1n) is 6.19. The van der Waals surface area contributed by atoms with Crippen LogP contribution in [0.3, 0.4) is 0 Å². The summed E-state index contributed by atoms with van der Waals surface area (Å²) in [5.74, 6) is 0.00507. The van der Waals surface area contributed by atoms with Gasteiger partial charge in [-0.25, -0.2) is 0 Å². The number of rotatable bonds is 2. The first-order chi connectivity index (χ1) is 8.99. The second-order valence-electron chi connectivity index (χ2n) is 4.82. The first kappa shape index (κ1) is 15.1. The molecule has 1 saturated carbocycles. The summed E-state index contributed by atoms with van der Waals surface area (Å²) in [5, 5.41) is 3.61. The van der Waals surface area contributed by atoms with Crippen LogP contribution in [0.25, 0.3) is 0 Å². The normalized spacial score (nSPS) is 23.2. The number of nitrogens with two attached hydrogens (primary N) is 1. The van der Waals surface area contributed by atoms with E-state index < -0.39 is 0 Å². The van der Waals surface area contributed by atoms with Gasteiger partial charge in [-0.2, -0.15) is 0 Å². The fourth-order valence-electron chi connectivity index (χ4n) is 2.24. The molecule has 0 atom stereocenters. The summed E-state index contributed by atoms with van der Waals surface area (Å²) in [6.45, 7) is 0. The number of hydrogen-bond acceptors (Lipinski definition) is 2. The Morgan fingerprint density at radius 1 is 1.21 bits per heavy atom. The zero-order chi connectivity index (χ0) is 14.0. The molecule has 104 valence electrons. The molecule has 1 aromatic carbocycles. The molecule has 19 heavy (non-hydrogen) atoms. The number of amides is 1. The summed E-state index contributed by atoms with van der Waals surface area (Å²) < 4.78 is 0.709. The van der Waals surface area contributed by atoms with E-state index >= 15 is 0 Å². The zero-order valence-corrected chi connectivity index (χ0v) is 13.4. The Balaban J connectivity index is 2.05. The molecule has 2 rings (SSSR count). The van der Waals surface area contributed by atoms with Gasteiger partial charge < -0.3 is 11.1 Å². The Labute approximate surface area is 131 Å². The van der Waals surface area contributed by atoms with Crippen molar-refractivity contribution in [3.63, 3.8) is 0 Å². The summed E-state index contributed by atoms with van der Waals surface area (Å²) in [5.41, 5.74) is 6.39. The Hall–Kier alpha value is -0.290. The molecule has 0 bridgehead atoms. The van der Waals surface area contributed by atoms with Crippen LogP contribution < -0.4 is 11.1 Å². The average Bonchev–Trinajstić information content (AvgIpc) is 2.40. The maximum absolute atomic E-state index is 12.2. The molecule has 0 saturated heterocycles. The lowest BCUT2D eigenvalue weighted by atomic mass is 9.86. The van der Waals surface area contributed by atoms with Gasteiger partial charge in [0.25, 0.3) is 0 Å². The summed E-state index contributed by atoms with van der Waals surface area (Å²) in [6.07, 6.45) is 3.45. The van der Waals surface area contributed by atoms with Crippen molar-refractivity contribution < 1.29 is 4.79 Å². The Morgan fingerprint density at radius 3 is 2.47 bits per heavy atom. The number of anilines is 1. The van der Waals surface area contributed by atoms with Crippen LogP contribution in [0.4, 0.5) is 5.69 Å². The monoisotopic (exact) mass is 364 g/mol. The molecule has 6 heteroatoms. The highest BCUT2D eigenvalue weighted by Crippen LogP contribution is 2.36. The van der Waals surface area contributed by atoms with E-state index in [1.165, 1.54) is 0 Å². The van der Waals surface area contributed by atoms with Gasteiger partial charge in [-0.15, -0.1) is 0 Å². The molecule has 3 nitrogen and oxygen atoms in total. The third kappa shape index (κ3) is 3.63. The quantitative estimate of drug-likeness (QED) is 0.771. The zero-order valence-electron chi connectivity index (χ0n) is 10.3. The van der Waals surface area contributed by atoms with Crippen LogP contribution in [0.1, 0.15) is 25.7 Å². The predicted molar refractivity (Wildman–Crippen MR) is 82.7 cm³/mol. The molecule has 1 amide bonds. The van der Waals surface area contributed by atoms with E-state index in [1.54, 1.807) is 12.1 Å². The van der Waals surface area contributed by atoms with Crippen LogP contribution in [0, 0.1) is 5.92 Å². The van der Waals surface area contributed by atoms with Crippen LogP contribution in [0.5, 0.6) is 0 Å². The summed E-state index contributed by atoms with van der Waals surface area (Å²) in [7, 11) is 0. The molecule has 0 spiro atoms. The third-order valence-corrected chi connectivity index (χ3v) is 5.21. The van der Waals surface area contributed by atoms with Crippen molar-refractivity contribution in [1.82, 2.24) is 0 Å². The van der Waals surface area contributed by atoms with E-state index in [0.717, 1.165) is 25.7 Å². The van der Waals surface area contributed by atoms with Gasteiger partial charge in [0.15, 0.2) is 0 Å². The van der Waals surface area contributed by atoms with E-state index in [0.29, 0.717) is 20.2 Å². The second kappa shape index (κ2) is 6.44. The highest BCUT2D eigenvalue weighted by molar-refractivity contribution is 9.10. The number of carbonyl (C=O) groups is 1. The molecule has 0 radical (unpaired) electrons. The first-order valence-corrected chi connectivity index (χ1v) is 7.74. The van der Waals surface area contributed by atoms with Gasteiger partial charge in [-0.3, -0.25) is 4.79 Å². The summed E-state index contributed by atoms with van der Waals surface area (Å²) >= 11 is 15.4. The molecule has 1 aromatic rings. The largest absolute Gasteiger partial charge is 0.328 e. The predicted octanol–water partition coefficient (Wildman–Crippen LogP) is 4.21. The minimum Gasteiger partial charge on any atom is -0.328 e. The van der Waals surface area contributed by atoms with Crippen molar-refractivity contribution in [3.05, 3.63) is 26.7 Å². The maximum Gasteiger partial charge on any atom is 0.227 e. The van der Waals surface area contributed by atoms with E-state index in [1.807, 2.05) is 0 Å². The van der Waals surface area contributed by atoms with Gasteiger partial charge in [0.05, 0.1) is 15.7 Å². The van der Waals surface area contributed by atoms with Gasteiger partial charge in [-0.1, -0.05) is 23.2 Å². The molecular weight excluding hydrogens is 351 g/mol. The van der Waals surface area contributed by atoms with Crippen molar-refractivity contribution in [1.29, 1.82) is 0 Å². The lowest BCUT2D eigenvalue weighted by Crippen LogP contribution is -2.32. The smallest absolute Gasteiger partial charge is 0.227 e. The molecular formula is C13H15BrCl2N2O. The van der Waals surface area contributed by atoms with Crippen molar-refractivity contribution in [2.75, 3.05) is 5.32 Å². The van der Waals surface area contributed by atoms with E-state index in [-0.39, 0.29) is 17.9 Å². The van der Waals surface area contributed by atoms with Gasteiger partial charge >= 0.3 is 0 Å². The number of carbonyl (C=O) groups excluding carboxylic acids is 1. The van der Waals surface area contributed by atoms with E-state index in [9.17, 15) is 4.79 Å². The van der Waals surface area contributed by atoms with Crippen molar-refractivity contribution in [2.45, 2.75) is 31.7 Å². The standard InChI is InChI=1S/C13H15BrCl2N2O/c14-9-5-6-10(12(16)11(9)15)18-13(19)7-1-3-8(17)4-2-7/h5-8H,1-4,17H2,(H,18,19). The minimum absolute atomic E-state index is 0.00723. The lowest BCUT2D eigenvalue weighted by molar-refractivity contribution is -0.120. The molecule has 0 unspecified atom stereocenters. The fourth-order valence-corrected chi connectivity index (χ4v) is 3.06. The fraction of sp³-hybridized carbons (Fsp3) is 0.462. The highest BCUT2D eigenvalue weighted by atomic mass is 79.9. The van der Waals surface area contributed by atoms with Crippen LogP contribution in [0.2, 0.25) is 10.0 Å². The van der Waals surface area contributed by atoms with Crippen LogP contribution in [-0.4, -0.2) is 11.9 Å². The van der Waals surface area contributed by atoms with Crippen LogP contribution in [0.15, 0.2) is 16.6 Å². The van der Waals surface area contributed by atoms with Gasteiger partial charge in [0.2, 0.25) is 5.91 Å². The van der Waals surface area contributed by atoms with Gasteiger partial charge in [-0.05, 0) is 53.7 Å². The molecule has 0 heterocycles. The van der Waals surface area contributed by atoms with E-state index in [2.05, 4.69) is 21.2 Å². The Kier molecular flexibility index (Phi) is 5.12. The third-order valence-electron chi connectivity index (χ3n) is 3.44. The number of halogens is 3. The molecule has 3 N–H and O–H groups in total. The number of hydrogen-bond donors (Lipinski definition) is 2.